The van der Waals surface area contributed by atoms with Crippen LogP contribution in [0.2, 0.25) is 0 Å². The van der Waals surface area contributed by atoms with Crippen LogP contribution in [0, 0.1) is 0 Å². The lowest BCUT2D eigenvalue weighted by Gasteiger charge is -2.32. The first-order chi connectivity index (χ1) is 19.9. The van der Waals surface area contributed by atoms with Gasteiger partial charge in [-0.05, 0) is 73.6 Å². The minimum absolute atomic E-state index is 0.136. The van der Waals surface area contributed by atoms with Gasteiger partial charge in [-0.15, -0.1) is 0 Å². The second-order valence-electron chi connectivity index (χ2n) is 10.3. The van der Waals surface area contributed by atoms with Crippen molar-refractivity contribution in [2.75, 3.05) is 17.4 Å². The molecule has 3 N–H and O–H groups in total. The number of dihydropyridines is 1. The van der Waals surface area contributed by atoms with Crippen LogP contribution in [0.5, 0.6) is 11.5 Å². The van der Waals surface area contributed by atoms with E-state index in [-0.39, 0.29) is 18.6 Å². The number of allylic oxidation sites excluding steroid dienone is 2. The molecule has 0 saturated carbocycles. The highest BCUT2D eigenvalue weighted by molar-refractivity contribution is 6.12. The Hall–Kier alpha value is -4.52. The number of rotatable bonds is 8. The lowest BCUT2D eigenvalue weighted by atomic mass is 9.79. The molecule has 3 aromatic rings. The number of ether oxygens (including phenoxy) is 2. The average molecular weight is 552 g/mol. The van der Waals surface area contributed by atoms with E-state index >= 15 is 0 Å². The molecule has 1 atom stereocenters. The first kappa shape index (κ1) is 28.0. The van der Waals surface area contributed by atoms with Gasteiger partial charge >= 0.3 is 0 Å². The summed E-state index contributed by atoms with van der Waals surface area (Å²) in [6, 6.07) is 19.5. The fourth-order valence-electron chi connectivity index (χ4n) is 5.75. The molecule has 7 heteroatoms. The van der Waals surface area contributed by atoms with E-state index in [0.717, 1.165) is 52.9 Å². The molecule has 2 heterocycles. The largest absolute Gasteiger partial charge is 0.454 e. The van der Waals surface area contributed by atoms with Gasteiger partial charge in [-0.2, -0.15) is 0 Å². The molecule has 212 valence electrons. The Morgan fingerprint density at radius 3 is 2.00 bits per heavy atom. The Labute approximate surface area is 241 Å². The Kier molecular flexibility index (Phi) is 8.15. The number of para-hydroxylation sites is 2. The number of carbonyl (C=O) groups excluding carboxylic acids is 2. The Balaban J connectivity index is 1.60. The van der Waals surface area contributed by atoms with Crippen LogP contribution < -0.4 is 25.4 Å². The van der Waals surface area contributed by atoms with E-state index in [9.17, 15) is 9.59 Å². The molecule has 0 fully saturated rings. The van der Waals surface area contributed by atoms with E-state index in [2.05, 4.69) is 36.7 Å². The quantitative estimate of drug-likeness (QED) is 0.293. The normalized spacial score (nSPS) is 16.0. The minimum atomic E-state index is -0.640. The average Bonchev–Trinajstić information content (AvgIpc) is 3.45. The van der Waals surface area contributed by atoms with E-state index in [4.69, 9.17) is 9.47 Å². The van der Waals surface area contributed by atoms with Gasteiger partial charge in [0.1, 0.15) is 0 Å². The summed E-state index contributed by atoms with van der Waals surface area (Å²) in [4.78, 5) is 28.3. The van der Waals surface area contributed by atoms with Crippen LogP contribution in [0.15, 0.2) is 83.2 Å². The van der Waals surface area contributed by atoms with E-state index in [1.54, 1.807) is 0 Å². The summed E-state index contributed by atoms with van der Waals surface area (Å²) >= 11 is 0. The summed E-state index contributed by atoms with van der Waals surface area (Å²) in [5.74, 6) is 0.0807. The van der Waals surface area contributed by atoms with Crippen molar-refractivity contribution in [1.82, 2.24) is 5.32 Å². The second-order valence-corrected chi connectivity index (χ2v) is 10.3. The smallest absolute Gasteiger partial charge is 0.254 e. The number of anilines is 2. The van der Waals surface area contributed by atoms with Gasteiger partial charge in [0, 0.05) is 39.8 Å². The lowest BCUT2D eigenvalue weighted by Crippen LogP contribution is -2.35. The van der Waals surface area contributed by atoms with Crippen molar-refractivity contribution >= 4 is 23.2 Å². The maximum absolute atomic E-state index is 14.2. The van der Waals surface area contributed by atoms with Crippen molar-refractivity contribution in [3.05, 3.63) is 105 Å². The van der Waals surface area contributed by atoms with Crippen LogP contribution in [0.3, 0.4) is 0 Å². The Morgan fingerprint density at radius 2 is 1.34 bits per heavy atom. The predicted octanol–water partition coefficient (Wildman–Crippen LogP) is 6.61. The molecular formula is C34H37N3O4. The van der Waals surface area contributed by atoms with Crippen LogP contribution in [-0.4, -0.2) is 18.6 Å². The van der Waals surface area contributed by atoms with Gasteiger partial charge in [0.2, 0.25) is 6.79 Å². The second kappa shape index (κ2) is 11.9. The zero-order chi connectivity index (χ0) is 29.1. The van der Waals surface area contributed by atoms with Crippen LogP contribution in [0.1, 0.15) is 62.8 Å². The molecule has 0 saturated heterocycles. The molecule has 0 aromatic heterocycles. The third kappa shape index (κ3) is 5.44. The van der Waals surface area contributed by atoms with Crippen molar-refractivity contribution < 1.29 is 19.1 Å². The number of aryl methyl sites for hydroxylation is 3. The summed E-state index contributed by atoms with van der Waals surface area (Å²) in [6.45, 7) is 10.1. The van der Waals surface area contributed by atoms with Crippen LogP contribution in [0.25, 0.3) is 0 Å². The molecule has 2 aliphatic rings. The molecule has 0 bridgehead atoms. The molecule has 5 rings (SSSR count). The lowest BCUT2D eigenvalue weighted by molar-refractivity contribution is -0.113. The summed E-state index contributed by atoms with van der Waals surface area (Å²) in [5.41, 5.74) is 7.88. The number of carbonyl (C=O) groups is 2. The topological polar surface area (TPSA) is 88.7 Å². The van der Waals surface area contributed by atoms with Crippen LogP contribution in [0.4, 0.5) is 11.4 Å². The van der Waals surface area contributed by atoms with E-state index in [1.807, 2.05) is 74.5 Å². The van der Waals surface area contributed by atoms with Crippen molar-refractivity contribution in [1.29, 1.82) is 0 Å². The number of nitrogens with one attached hydrogen (secondary N) is 3. The highest BCUT2D eigenvalue weighted by Gasteiger charge is 2.37. The van der Waals surface area contributed by atoms with Gasteiger partial charge < -0.3 is 25.4 Å². The molecule has 7 nitrogen and oxygen atoms in total. The van der Waals surface area contributed by atoms with Crippen molar-refractivity contribution in [3.63, 3.8) is 0 Å². The first-order valence-corrected chi connectivity index (χ1v) is 14.3. The van der Waals surface area contributed by atoms with Gasteiger partial charge in [-0.1, -0.05) is 63.2 Å². The third-order valence-electron chi connectivity index (χ3n) is 7.86. The molecule has 0 spiro atoms. The molecular weight excluding hydrogens is 514 g/mol. The maximum atomic E-state index is 14.2. The third-order valence-corrected chi connectivity index (χ3v) is 7.86. The molecule has 3 aromatic carbocycles. The summed E-state index contributed by atoms with van der Waals surface area (Å²) in [7, 11) is 0. The summed E-state index contributed by atoms with van der Waals surface area (Å²) in [5, 5.41) is 9.69. The number of hydrogen-bond acceptors (Lipinski definition) is 5. The fourth-order valence-corrected chi connectivity index (χ4v) is 5.75. The Bertz CT molecular complexity index is 1550. The zero-order valence-corrected chi connectivity index (χ0v) is 24.3. The summed E-state index contributed by atoms with van der Waals surface area (Å²) < 4.78 is 11.2. The Morgan fingerprint density at radius 1 is 0.756 bits per heavy atom. The van der Waals surface area contributed by atoms with E-state index in [1.165, 1.54) is 0 Å². The molecule has 0 radical (unpaired) electrons. The van der Waals surface area contributed by atoms with Gasteiger partial charge in [0.25, 0.3) is 11.8 Å². The van der Waals surface area contributed by atoms with Gasteiger partial charge in [-0.3, -0.25) is 9.59 Å². The number of amides is 2. The van der Waals surface area contributed by atoms with Crippen LogP contribution in [-0.2, 0) is 28.9 Å². The molecule has 41 heavy (non-hydrogen) atoms. The van der Waals surface area contributed by atoms with Gasteiger partial charge in [0.15, 0.2) is 11.5 Å². The highest BCUT2D eigenvalue weighted by Crippen LogP contribution is 2.43. The van der Waals surface area contributed by atoms with Crippen molar-refractivity contribution in [2.24, 2.45) is 0 Å². The minimum Gasteiger partial charge on any atom is -0.454 e. The molecule has 2 aliphatic heterocycles. The SMILES string of the molecule is CCc1ccccc1NC(=O)C1=C(C)NC(C)=C(C(=O)Nc2c(CC)cccc2CC)C1c1ccc2c(c1)OCO2. The molecule has 0 aliphatic carbocycles. The van der Waals surface area contributed by atoms with Gasteiger partial charge in [0.05, 0.1) is 0 Å². The zero-order valence-electron chi connectivity index (χ0n) is 24.3. The fraction of sp³-hybridized carbons (Fsp3) is 0.294. The maximum Gasteiger partial charge on any atom is 0.254 e. The van der Waals surface area contributed by atoms with Gasteiger partial charge in [-0.25, -0.2) is 0 Å². The number of hydrogen-bond donors (Lipinski definition) is 3. The number of fused-ring (bicyclic) bond motifs is 1. The highest BCUT2D eigenvalue weighted by atomic mass is 16.7. The van der Waals surface area contributed by atoms with Crippen molar-refractivity contribution in [2.45, 2.75) is 59.8 Å². The van der Waals surface area contributed by atoms with Crippen LogP contribution >= 0.6 is 0 Å². The predicted molar refractivity (Wildman–Crippen MR) is 162 cm³/mol. The summed E-state index contributed by atoms with van der Waals surface area (Å²) in [6.07, 6.45) is 2.35. The number of benzene rings is 3. The molecule has 2 amide bonds. The standard InChI is InChI=1S/C34H37N3O4/c1-6-22-12-9-10-15-26(22)36-33(38)29-20(4)35-21(5)30(31(29)25-16-17-27-28(18-25)41-19-40-27)34(39)37-32-23(7-2)13-11-14-24(32)8-3/h9-18,31,35H,6-8,19H2,1-5H3,(H,36,38)(H,37,39). The van der Waals surface area contributed by atoms with E-state index in [0.29, 0.717) is 34.0 Å². The van der Waals surface area contributed by atoms with E-state index < -0.39 is 5.92 Å². The first-order valence-electron chi connectivity index (χ1n) is 14.3. The monoisotopic (exact) mass is 551 g/mol. The molecule has 1 unspecified atom stereocenters. The van der Waals surface area contributed by atoms with Crippen molar-refractivity contribution in [3.8, 4) is 11.5 Å².